The van der Waals surface area contributed by atoms with E-state index in [2.05, 4.69) is 11.5 Å². The maximum atomic E-state index is 9.00. The third kappa shape index (κ3) is 1280. The molecule has 0 radical (unpaired) electrons. The van der Waals surface area contributed by atoms with Gasteiger partial charge in [0.15, 0.2) is 0 Å². The van der Waals surface area contributed by atoms with Gasteiger partial charge in [0.05, 0.1) is 0 Å². The Morgan fingerprint density at radius 1 is 1.36 bits per heavy atom. The van der Waals surface area contributed by atoms with Crippen molar-refractivity contribution in [2.45, 2.75) is 0 Å². The van der Waals surface area contributed by atoms with Crippen LogP contribution in [0.3, 0.4) is 0 Å². The molecule has 0 fully saturated rings. The molecule has 62 valence electrons. The van der Waals surface area contributed by atoms with Crippen molar-refractivity contribution in [1.29, 1.82) is 0 Å². The van der Waals surface area contributed by atoms with Gasteiger partial charge in [0.2, 0.25) is 0 Å². The molecule has 0 aliphatic rings. The predicted octanol–water partition coefficient (Wildman–Crippen LogP) is -4.63. The quantitative estimate of drug-likeness (QED) is 0.250. The molecule has 8 heteroatoms. The Morgan fingerprint density at radius 2 is 1.36 bits per heavy atom. The molecule has 0 spiro atoms. The van der Waals surface area contributed by atoms with E-state index in [0.29, 0.717) is 0 Å². The zero-order chi connectivity index (χ0) is 8.28. The van der Waals surface area contributed by atoms with Gasteiger partial charge in [0, 0.05) is 0 Å². The molecule has 0 heterocycles. The van der Waals surface area contributed by atoms with E-state index in [1.54, 1.807) is 0 Å². The topological polar surface area (TPSA) is 153 Å². The molecule has 0 saturated heterocycles. The Labute approximate surface area is 85.3 Å². The van der Waals surface area contributed by atoms with E-state index in [1.807, 2.05) is 6.79 Å². The van der Waals surface area contributed by atoms with E-state index in [-0.39, 0.29) is 41.5 Å². The first-order chi connectivity index (χ1) is 4.15. The number of rotatable bonds is 0. The number of primary amides is 2. The standard InChI is InChI=1S/CH4N2O.CH2O2.CH2O.Na.H2O/c2-1(3)4;2-1-3;1-2;;/h(H4,2,3,4);1H,(H,2,3);1H2;;1H2/q;;;+1;/p-1. The van der Waals surface area contributed by atoms with E-state index < -0.39 is 6.03 Å². The Kier molecular flexibility index (Phi) is 166. The van der Waals surface area contributed by atoms with Crippen LogP contribution in [-0.4, -0.2) is 29.9 Å². The first-order valence-electron chi connectivity index (χ1n) is 1.56. The van der Waals surface area contributed by atoms with Crippen LogP contribution in [0.5, 0.6) is 0 Å². The first-order valence-corrected chi connectivity index (χ1v) is 1.56. The van der Waals surface area contributed by atoms with Crippen molar-refractivity contribution in [3.05, 3.63) is 0 Å². The van der Waals surface area contributed by atoms with Crippen molar-refractivity contribution in [2.75, 3.05) is 0 Å². The van der Waals surface area contributed by atoms with Gasteiger partial charge in [-0.15, -0.1) is 0 Å². The first kappa shape index (κ1) is 31.6. The fourth-order valence-electron chi connectivity index (χ4n) is 0. The number of hydrogen-bond donors (Lipinski definition) is 3. The van der Waals surface area contributed by atoms with Crippen LogP contribution in [-0.2, 0) is 9.59 Å². The van der Waals surface area contributed by atoms with Gasteiger partial charge < -0.3 is 26.8 Å². The summed E-state index contributed by atoms with van der Waals surface area (Å²) in [4.78, 5) is 25.4. The van der Waals surface area contributed by atoms with Gasteiger partial charge in [-0.1, -0.05) is 0 Å². The average Bonchev–Trinajstić information content (AvgIpc) is 1.71. The van der Waals surface area contributed by atoms with E-state index in [0.717, 1.165) is 0 Å². The SMILES string of the molecule is C=O.NC(N)=O.O=CO.[Na+].[OH-]. The second-order valence-electron chi connectivity index (χ2n) is 0.508. The van der Waals surface area contributed by atoms with E-state index in [9.17, 15) is 0 Å². The fourth-order valence-corrected chi connectivity index (χ4v) is 0. The molecule has 0 atom stereocenters. The fraction of sp³-hybridized carbons (Fsp3) is 0. The molecule has 0 rings (SSSR count). The number of hydrogen-bond acceptors (Lipinski definition) is 4. The summed E-state index contributed by atoms with van der Waals surface area (Å²) in [6, 6.07) is -0.833. The van der Waals surface area contributed by atoms with Crippen LogP contribution in [0, 0.1) is 0 Å². The summed E-state index contributed by atoms with van der Waals surface area (Å²) in [6.45, 7) is 1.75. The number of carbonyl (C=O) groups excluding carboxylic acids is 2. The largest absolute Gasteiger partial charge is 1.00 e. The maximum Gasteiger partial charge on any atom is 1.00 e. The zero-order valence-electron chi connectivity index (χ0n) is 6.06. The summed E-state index contributed by atoms with van der Waals surface area (Å²) in [6.07, 6.45) is 0. The van der Waals surface area contributed by atoms with Crippen LogP contribution in [0.2, 0.25) is 0 Å². The van der Waals surface area contributed by atoms with Gasteiger partial charge in [-0.3, -0.25) is 4.79 Å². The van der Waals surface area contributed by atoms with Crippen molar-refractivity contribution < 1.29 is 54.5 Å². The average molecular weight is 176 g/mol. The van der Waals surface area contributed by atoms with Crippen LogP contribution < -0.4 is 41.0 Å². The molecule has 6 N–H and O–H groups in total. The minimum atomic E-state index is -0.833. The Balaban J connectivity index is -0.0000000158. The summed E-state index contributed by atoms with van der Waals surface area (Å²) >= 11 is 0. The summed E-state index contributed by atoms with van der Waals surface area (Å²) < 4.78 is 0. The second-order valence-corrected chi connectivity index (χ2v) is 0.508. The van der Waals surface area contributed by atoms with Crippen LogP contribution in [0.15, 0.2) is 0 Å². The number of nitrogens with two attached hydrogens (primary N) is 2. The molecule has 0 aromatic heterocycles. The van der Waals surface area contributed by atoms with E-state index in [4.69, 9.17) is 19.5 Å². The monoisotopic (exact) mass is 176 g/mol. The molecule has 0 aliphatic carbocycles. The number of amides is 2. The van der Waals surface area contributed by atoms with Gasteiger partial charge in [0.1, 0.15) is 6.79 Å². The van der Waals surface area contributed by atoms with E-state index in [1.165, 1.54) is 0 Å². The second kappa shape index (κ2) is 57.8. The smallest absolute Gasteiger partial charge is 0.870 e. The summed E-state index contributed by atoms with van der Waals surface area (Å²) in [7, 11) is 0. The van der Waals surface area contributed by atoms with Crippen molar-refractivity contribution in [3.8, 4) is 0 Å². The minimum Gasteiger partial charge on any atom is -0.870 e. The van der Waals surface area contributed by atoms with Crippen molar-refractivity contribution in [2.24, 2.45) is 11.5 Å². The third-order valence-electron chi connectivity index (χ3n) is 0. The van der Waals surface area contributed by atoms with Gasteiger partial charge in [-0.05, 0) is 0 Å². The third-order valence-corrected chi connectivity index (χ3v) is 0. The summed E-state index contributed by atoms with van der Waals surface area (Å²) in [5.41, 5.74) is 8.50. The number of urea groups is 1. The van der Waals surface area contributed by atoms with Gasteiger partial charge in [-0.2, -0.15) is 0 Å². The number of carboxylic acid groups (broad SMARTS) is 1. The summed E-state index contributed by atoms with van der Waals surface area (Å²) in [5, 5.41) is 6.89. The van der Waals surface area contributed by atoms with Gasteiger partial charge in [-0.25, -0.2) is 4.79 Å². The molecular formula is C3H9N2NaO5. The van der Waals surface area contributed by atoms with Crippen LogP contribution in [0.4, 0.5) is 4.79 Å². The number of carbonyl (C=O) groups is 3. The summed E-state index contributed by atoms with van der Waals surface area (Å²) in [5.74, 6) is 0. The molecule has 0 unspecified atom stereocenters. The Hall–Kier alpha value is -0.630. The Bertz CT molecular complexity index is 76.1. The normalized spacial score (nSPS) is 3.64. The van der Waals surface area contributed by atoms with Gasteiger partial charge in [0.25, 0.3) is 6.47 Å². The van der Waals surface area contributed by atoms with Gasteiger partial charge >= 0.3 is 35.6 Å². The molecule has 7 nitrogen and oxygen atoms in total. The molecule has 0 aliphatic heterocycles. The van der Waals surface area contributed by atoms with Crippen LogP contribution in [0.1, 0.15) is 0 Å². The zero-order valence-corrected chi connectivity index (χ0v) is 8.06. The Morgan fingerprint density at radius 3 is 1.36 bits per heavy atom. The molecule has 0 aromatic rings. The van der Waals surface area contributed by atoms with Crippen molar-refractivity contribution >= 4 is 19.3 Å². The minimum absolute atomic E-state index is 0. The predicted molar refractivity (Wildman–Crippen MR) is 31.5 cm³/mol. The van der Waals surface area contributed by atoms with Crippen LogP contribution in [0.25, 0.3) is 0 Å². The molecular weight excluding hydrogens is 167 g/mol. The molecule has 0 bridgehead atoms. The molecule has 2 amide bonds. The molecule has 0 aromatic carbocycles. The van der Waals surface area contributed by atoms with Crippen molar-refractivity contribution in [1.82, 2.24) is 0 Å². The van der Waals surface area contributed by atoms with Crippen LogP contribution >= 0.6 is 0 Å². The molecule has 11 heavy (non-hydrogen) atoms. The van der Waals surface area contributed by atoms with E-state index >= 15 is 0 Å². The molecule has 0 saturated carbocycles. The maximum absolute atomic E-state index is 9.00. The van der Waals surface area contributed by atoms with Crippen molar-refractivity contribution in [3.63, 3.8) is 0 Å².